The van der Waals surface area contributed by atoms with Gasteiger partial charge in [-0.1, -0.05) is 6.42 Å². The number of aromatic nitrogens is 2. The van der Waals surface area contributed by atoms with Gasteiger partial charge in [-0.2, -0.15) is 18.3 Å². The maximum atomic E-state index is 13.0. The van der Waals surface area contributed by atoms with Crippen LogP contribution in [-0.4, -0.2) is 28.1 Å². The van der Waals surface area contributed by atoms with E-state index in [0.29, 0.717) is 12.5 Å². The smallest absolute Gasteiger partial charge is 0.348 e. The van der Waals surface area contributed by atoms with Crippen LogP contribution in [0.5, 0.6) is 0 Å². The molecule has 0 unspecified atom stereocenters. The molecular formula is C17H17F3N4O2. The monoisotopic (exact) mass is 366 g/mol. The van der Waals surface area contributed by atoms with Crippen LogP contribution in [0, 0.1) is 5.92 Å². The highest BCUT2D eigenvalue weighted by Gasteiger charge is 2.31. The number of carbonyl (C=O) groups is 2. The summed E-state index contributed by atoms with van der Waals surface area (Å²) in [5, 5.41) is 8.72. The van der Waals surface area contributed by atoms with Crippen LogP contribution in [0.2, 0.25) is 0 Å². The van der Waals surface area contributed by atoms with Gasteiger partial charge in [-0.3, -0.25) is 9.59 Å². The van der Waals surface area contributed by atoms with Crippen molar-refractivity contribution in [2.45, 2.75) is 25.4 Å². The summed E-state index contributed by atoms with van der Waals surface area (Å²) < 4.78 is 40.2. The Labute approximate surface area is 147 Å². The molecule has 26 heavy (non-hydrogen) atoms. The molecular weight excluding hydrogens is 349 g/mol. The number of carbonyl (C=O) groups excluding carboxylic acids is 2. The summed E-state index contributed by atoms with van der Waals surface area (Å²) in [4.78, 5) is 24.0. The Hall–Kier alpha value is -2.84. The molecule has 3 rings (SSSR count). The Bertz CT molecular complexity index is 799. The van der Waals surface area contributed by atoms with Gasteiger partial charge >= 0.3 is 18.0 Å². The third-order valence-electron chi connectivity index (χ3n) is 4.31. The first kappa shape index (κ1) is 18.0. The lowest BCUT2D eigenvalue weighted by molar-refractivity contribution is -0.137. The van der Waals surface area contributed by atoms with E-state index in [2.05, 4.69) is 15.7 Å². The van der Waals surface area contributed by atoms with Crippen LogP contribution in [0.4, 0.5) is 18.9 Å². The van der Waals surface area contributed by atoms with E-state index in [4.69, 9.17) is 0 Å². The first-order chi connectivity index (χ1) is 12.3. The molecule has 6 nitrogen and oxygen atoms in total. The number of hydrogen-bond donors (Lipinski definition) is 2. The van der Waals surface area contributed by atoms with Gasteiger partial charge in [0.2, 0.25) is 0 Å². The molecule has 1 fully saturated rings. The van der Waals surface area contributed by atoms with Crippen molar-refractivity contribution in [1.29, 1.82) is 0 Å². The summed E-state index contributed by atoms with van der Waals surface area (Å²) in [5.74, 6) is -1.53. The van der Waals surface area contributed by atoms with Crippen molar-refractivity contribution in [1.82, 2.24) is 15.1 Å². The molecule has 2 N–H and O–H groups in total. The van der Waals surface area contributed by atoms with E-state index in [1.807, 2.05) is 0 Å². The Balaban J connectivity index is 1.79. The number of alkyl halides is 3. The number of benzene rings is 1. The maximum absolute atomic E-state index is 13.0. The van der Waals surface area contributed by atoms with Gasteiger partial charge in [-0.15, -0.1) is 0 Å². The molecule has 2 amide bonds. The number of halogens is 3. The molecule has 0 saturated heterocycles. The van der Waals surface area contributed by atoms with E-state index < -0.39 is 23.6 Å². The Morgan fingerprint density at radius 1 is 1.23 bits per heavy atom. The third-order valence-corrected chi connectivity index (χ3v) is 4.31. The van der Waals surface area contributed by atoms with Crippen LogP contribution in [0.25, 0.3) is 5.69 Å². The lowest BCUT2D eigenvalue weighted by atomic mass is 9.85. The molecule has 0 spiro atoms. The first-order valence-electron chi connectivity index (χ1n) is 8.15. The molecule has 1 saturated carbocycles. The fourth-order valence-corrected chi connectivity index (χ4v) is 2.62. The zero-order chi connectivity index (χ0) is 18.7. The highest BCUT2D eigenvalue weighted by Crippen LogP contribution is 2.33. The van der Waals surface area contributed by atoms with Crippen molar-refractivity contribution < 1.29 is 22.8 Å². The molecule has 138 valence electrons. The molecule has 0 aliphatic heterocycles. The predicted molar refractivity (Wildman–Crippen MR) is 87.5 cm³/mol. The van der Waals surface area contributed by atoms with Crippen LogP contribution >= 0.6 is 0 Å². The Morgan fingerprint density at radius 3 is 2.58 bits per heavy atom. The fraction of sp³-hybridized carbons (Fsp3) is 0.353. The van der Waals surface area contributed by atoms with Gasteiger partial charge in [-0.05, 0) is 43.0 Å². The molecule has 9 heteroatoms. The largest absolute Gasteiger partial charge is 0.416 e. The number of anilines is 1. The number of nitrogens with one attached hydrogen (secondary N) is 2. The van der Waals surface area contributed by atoms with Crippen molar-refractivity contribution >= 4 is 17.5 Å². The standard InChI is InChI=1S/C17H17F3N4O2/c18-17(19,20)12-5-6-14(24-8-2-7-22-24)13(9-12)23-16(26)15(25)21-10-11-3-1-4-11/h2,5-9,11H,1,3-4,10H2,(H,21,25)(H,23,26). The van der Waals surface area contributed by atoms with Gasteiger partial charge in [0.15, 0.2) is 0 Å². The predicted octanol–water partition coefficient (Wildman–Crippen LogP) is 2.75. The maximum Gasteiger partial charge on any atom is 0.416 e. The van der Waals surface area contributed by atoms with Crippen molar-refractivity contribution in [2.24, 2.45) is 5.92 Å². The zero-order valence-corrected chi connectivity index (χ0v) is 13.7. The second-order valence-electron chi connectivity index (χ2n) is 6.14. The van der Waals surface area contributed by atoms with Gasteiger partial charge in [0.1, 0.15) is 0 Å². The van der Waals surface area contributed by atoms with Crippen molar-refractivity contribution in [3.8, 4) is 5.69 Å². The summed E-state index contributed by atoms with van der Waals surface area (Å²) in [7, 11) is 0. The van der Waals surface area contributed by atoms with E-state index in [0.717, 1.165) is 31.4 Å². The number of nitrogens with zero attached hydrogens (tertiary/aromatic N) is 2. The number of rotatable bonds is 4. The molecule has 0 atom stereocenters. The highest BCUT2D eigenvalue weighted by molar-refractivity contribution is 6.39. The molecule has 1 heterocycles. The van der Waals surface area contributed by atoms with Crippen LogP contribution in [0.1, 0.15) is 24.8 Å². The minimum Gasteiger partial charge on any atom is -0.348 e. The molecule has 1 aromatic carbocycles. The van der Waals surface area contributed by atoms with Crippen LogP contribution in [-0.2, 0) is 15.8 Å². The normalized spacial score (nSPS) is 14.6. The van der Waals surface area contributed by atoms with Gasteiger partial charge in [0.05, 0.1) is 16.9 Å². The second kappa shape index (κ2) is 7.19. The number of hydrogen-bond acceptors (Lipinski definition) is 3. The van der Waals surface area contributed by atoms with Crippen molar-refractivity contribution in [3.63, 3.8) is 0 Å². The van der Waals surface area contributed by atoms with Gasteiger partial charge < -0.3 is 10.6 Å². The van der Waals surface area contributed by atoms with Crippen molar-refractivity contribution in [3.05, 3.63) is 42.2 Å². The quantitative estimate of drug-likeness (QED) is 0.817. The van der Waals surface area contributed by atoms with E-state index in [1.165, 1.54) is 23.1 Å². The van der Waals surface area contributed by atoms with Crippen molar-refractivity contribution in [2.75, 3.05) is 11.9 Å². The zero-order valence-electron chi connectivity index (χ0n) is 13.7. The molecule has 0 radical (unpaired) electrons. The lowest BCUT2D eigenvalue weighted by Gasteiger charge is -2.25. The van der Waals surface area contributed by atoms with Crippen LogP contribution in [0.15, 0.2) is 36.7 Å². The summed E-state index contributed by atoms with van der Waals surface area (Å²) in [5.41, 5.74) is -0.853. The van der Waals surface area contributed by atoms with Crippen LogP contribution in [0.3, 0.4) is 0 Å². The molecule has 0 bridgehead atoms. The van der Waals surface area contributed by atoms with Gasteiger partial charge in [0, 0.05) is 18.9 Å². The summed E-state index contributed by atoms with van der Waals surface area (Å²) >= 11 is 0. The average molecular weight is 366 g/mol. The van der Waals surface area contributed by atoms with E-state index >= 15 is 0 Å². The number of amides is 2. The van der Waals surface area contributed by atoms with E-state index in [9.17, 15) is 22.8 Å². The fourth-order valence-electron chi connectivity index (χ4n) is 2.62. The van der Waals surface area contributed by atoms with Crippen LogP contribution < -0.4 is 10.6 Å². The Morgan fingerprint density at radius 2 is 2.00 bits per heavy atom. The summed E-state index contributed by atoms with van der Waals surface area (Å²) in [6.45, 7) is 0.390. The minimum absolute atomic E-state index is 0.146. The first-order valence-corrected chi connectivity index (χ1v) is 8.15. The highest BCUT2D eigenvalue weighted by atomic mass is 19.4. The lowest BCUT2D eigenvalue weighted by Crippen LogP contribution is -2.39. The Kier molecular flexibility index (Phi) is 4.97. The topological polar surface area (TPSA) is 76.0 Å². The summed E-state index contributed by atoms with van der Waals surface area (Å²) in [6.07, 6.45) is 1.50. The molecule has 1 aromatic heterocycles. The second-order valence-corrected chi connectivity index (χ2v) is 6.14. The van der Waals surface area contributed by atoms with Gasteiger partial charge in [-0.25, -0.2) is 4.68 Å². The minimum atomic E-state index is -4.57. The molecule has 1 aliphatic carbocycles. The molecule has 2 aromatic rings. The molecule has 1 aliphatic rings. The van der Waals surface area contributed by atoms with E-state index in [-0.39, 0.29) is 11.4 Å². The van der Waals surface area contributed by atoms with E-state index in [1.54, 1.807) is 6.07 Å². The third kappa shape index (κ3) is 4.04. The van der Waals surface area contributed by atoms with Gasteiger partial charge in [0.25, 0.3) is 0 Å². The average Bonchev–Trinajstić information content (AvgIpc) is 3.06. The summed E-state index contributed by atoms with van der Waals surface area (Å²) in [6, 6.07) is 4.46. The SMILES string of the molecule is O=C(NCC1CCC1)C(=O)Nc1cc(C(F)(F)F)ccc1-n1cccn1.